The fourth-order valence-corrected chi connectivity index (χ4v) is 5.15. The first-order valence-electron chi connectivity index (χ1n) is 14.1. The van der Waals surface area contributed by atoms with Crippen LogP contribution in [0.5, 0.6) is 11.6 Å². The largest absolute Gasteiger partial charge is 0.434 e. The lowest BCUT2D eigenvalue weighted by molar-refractivity contribution is 0.253. The number of likely N-dealkylation sites (N-methyl/N-ethyl adjacent to an activating group) is 2. The molecule has 218 valence electrons. The summed E-state index contributed by atoms with van der Waals surface area (Å²) in [5.41, 5.74) is 3.58. The van der Waals surface area contributed by atoms with E-state index in [9.17, 15) is 4.39 Å². The van der Waals surface area contributed by atoms with Crippen LogP contribution in [0.3, 0.4) is 0 Å². The summed E-state index contributed by atoms with van der Waals surface area (Å²) in [6.07, 6.45) is 1.33. The van der Waals surface area contributed by atoms with E-state index in [4.69, 9.17) is 16.3 Å². The second-order valence-corrected chi connectivity index (χ2v) is 10.8. The zero-order valence-electron chi connectivity index (χ0n) is 23.9. The average Bonchev–Trinajstić information content (AvgIpc) is 3.39. The molecule has 0 unspecified atom stereocenters. The Bertz CT molecular complexity index is 1430. The van der Waals surface area contributed by atoms with Gasteiger partial charge in [-0.15, -0.1) is 0 Å². The Labute approximate surface area is 245 Å². The Kier molecular flexibility index (Phi) is 9.56. The molecule has 11 heteroatoms. The van der Waals surface area contributed by atoms with Crippen molar-refractivity contribution < 1.29 is 9.13 Å². The molecular weight excluding hydrogens is 543 g/mol. The summed E-state index contributed by atoms with van der Waals surface area (Å²) < 4.78 is 20.6. The molecule has 2 aromatic heterocycles. The quantitative estimate of drug-likeness (QED) is 0.285. The molecule has 2 aliphatic rings. The number of nitrogens with one attached hydrogen (secondary N) is 3. The molecule has 0 saturated carbocycles. The first-order chi connectivity index (χ1) is 19.9. The van der Waals surface area contributed by atoms with E-state index in [1.807, 2.05) is 19.1 Å². The predicted molar refractivity (Wildman–Crippen MR) is 165 cm³/mol. The molecule has 4 aromatic rings. The molecule has 6 rings (SSSR count). The van der Waals surface area contributed by atoms with E-state index in [1.165, 1.54) is 44.7 Å². The number of fused-ring (bicyclic) bond motifs is 1. The summed E-state index contributed by atoms with van der Waals surface area (Å²) in [6, 6.07) is 13.2. The monoisotopic (exact) mass is 580 g/mol. The number of rotatable bonds is 6. The number of piperazine rings is 2. The van der Waals surface area contributed by atoms with Gasteiger partial charge in [-0.2, -0.15) is 4.98 Å². The topological polar surface area (TPSA) is 84.6 Å². The van der Waals surface area contributed by atoms with Crippen LogP contribution in [0.4, 0.5) is 21.6 Å². The van der Waals surface area contributed by atoms with Crippen molar-refractivity contribution in [3.63, 3.8) is 0 Å². The van der Waals surface area contributed by atoms with Gasteiger partial charge in [-0.05, 0) is 63.0 Å². The number of halogens is 2. The highest BCUT2D eigenvalue weighted by Gasteiger charge is 2.17. The van der Waals surface area contributed by atoms with Crippen molar-refractivity contribution >= 4 is 39.7 Å². The van der Waals surface area contributed by atoms with E-state index in [1.54, 1.807) is 18.2 Å². The Hall–Kier alpha value is -3.44. The zero-order valence-corrected chi connectivity index (χ0v) is 24.6. The summed E-state index contributed by atoms with van der Waals surface area (Å²) in [6.45, 7) is 14.2. The van der Waals surface area contributed by atoms with E-state index >= 15 is 0 Å². The van der Waals surface area contributed by atoms with Gasteiger partial charge in [0, 0.05) is 80.3 Å². The molecule has 0 atom stereocenters. The number of hydrogen-bond acceptors (Lipinski definition) is 8. The van der Waals surface area contributed by atoms with Crippen molar-refractivity contribution in [3.8, 4) is 11.6 Å². The lowest BCUT2D eigenvalue weighted by Gasteiger charge is -2.34. The number of aromatic nitrogens is 3. The van der Waals surface area contributed by atoms with Gasteiger partial charge in [0.15, 0.2) is 17.4 Å². The molecule has 2 fully saturated rings. The molecule has 9 nitrogen and oxygen atoms in total. The van der Waals surface area contributed by atoms with Crippen LogP contribution in [0.15, 0.2) is 48.8 Å². The van der Waals surface area contributed by atoms with E-state index in [0.717, 1.165) is 37.6 Å². The molecule has 2 aliphatic heterocycles. The SMILES string of the molecule is CCN1CCNCC1.Cc1cc2c(F)c(Oc3ncnc(Nc4ccc(N5CCN(C)CC5)cc4)c3Cl)ccc2[nH]1. The van der Waals surface area contributed by atoms with Crippen LogP contribution in [0.2, 0.25) is 5.02 Å². The summed E-state index contributed by atoms with van der Waals surface area (Å²) >= 11 is 6.50. The molecule has 2 aromatic carbocycles. The first kappa shape index (κ1) is 29.1. The zero-order chi connectivity index (χ0) is 28.8. The third-order valence-corrected chi connectivity index (χ3v) is 7.80. The number of nitrogens with zero attached hydrogens (tertiary/aromatic N) is 5. The standard InChI is InChI=1S/C24H24ClFN6O.C6H14N2/c1-15-13-18-19(29-15)7-8-20(22(18)26)33-24-21(25)23(27-14-28-24)30-16-3-5-17(6-4-16)32-11-9-31(2)10-12-32;1-2-8-5-3-7-4-6-8/h3-8,13-14,29H,9-12H2,1-2H3,(H,27,28,30);7H,2-6H2,1H3. The van der Waals surface area contributed by atoms with Crippen LogP contribution in [0, 0.1) is 12.7 Å². The van der Waals surface area contributed by atoms with E-state index in [0.29, 0.717) is 16.7 Å². The smallest absolute Gasteiger partial charge is 0.243 e. The van der Waals surface area contributed by atoms with Gasteiger partial charge in [-0.1, -0.05) is 18.5 Å². The third kappa shape index (κ3) is 7.26. The maximum atomic E-state index is 14.9. The molecule has 41 heavy (non-hydrogen) atoms. The van der Waals surface area contributed by atoms with Gasteiger partial charge in [0.05, 0.1) is 0 Å². The van der Waals surface area contributed by atoms with E-state index in [-0.39, 0.29) is 16.7 Å². The van der Waals surface area contributed by atoms with Crippen molar-refractivity contribution in [2.75, 3.05) is 76.2 Å². The predicted octanol–water partition coefficient (Wildman–Crippen LogP) is 5.26. The number of aromatic amines is 1. The molecule has 3 N–H and O–H groups in total. The van der Waals surface area contributed by atoms with Crippen LogP contribution in [0.1, 0.15) is 12.6 Å². The number of benzene rings is 2. The van der Waals surface area contributed by atoms with Crippen molar-refractivity contribution in [1.82, 2.24) is 30.1 Å². The average molecular weight is 581 g/mol. The van der Waals surface area contributed by atoms with Crippen LogP contribution >= 0.6 is 11.6 Å². The van der Waals surface area contributed by atoms with Crippen molar-refractivity contribution in [2.45, 2.75) is 13.8 Å². The molecule has 0 bridgehead atoms. The second kappa shape index (κ2) is 13.5. The number of H-pyrrole nitrogens is 1. The molecular formula is C30H38ClFN8O. The molecule has 2 saturated heterocycles. The Morgan fingerprint density at radius 3 is 2.41 bits per heavy atom. The van der Waals surface area contributed by atoms with Gasteiger partial charge in [-0.25, -0.2) is 9.37 Å². The van der Waals surface area contributed by atoms with Gasteiger partial charge in [0.25, 0.3) is 0 Å². The summed E-state index contributed by atoms with van der Waals surface area (Å²) in [4.78, 5) is 18.6. The molecule has 0 spiro atoms. The number of hydrogen-bond donors (Lipinski definition) is 3. The lowest BCUT2D eigenvalue weighted by Crippen LogP contribution is -2.44. The normalized spacial score (nSPS) is 16.4. The highest BCUT2D eigenvalue weighted by Crippen LogP contribution is 2.36. The van der Waals surface area contributed by atoms with Crippen molar-refractivity contribution in [1.29, 1.82) is 0 Å². The third-order valence-electron chi connectivity index (χ3n) is 7.46. The fourth-order valence-electron chi connectivity index (χ4n) is 4.97. The minimum atomic E-state index is -0.472. The number of ether oxygens (including phenoxy) is 1. The van der Waals surface area contributed by atoms with Crippen LogP contribution in [0.25, 0.3) is 10.9 Å². The Balaban J connectivity index is 0.000000365. The lowest BCUT2D eigenvalue weighted by atomic mass is 10.2. The molecule has 0 radical (unpaired) electrons. The highest BCUT2D eigenvalue weighted by atomic mass is 35.5. The van der Waals surface area contributed by atoms with Gasteiger partial charge >= 0.3 is 0 Å². The number of anilines is 3. The number of aryl methyl sites for hydroxylation is 1. The van der Waals surface area contributed by atoms with Gasteiger partial charge in [0.1, 0.15) is 11.3 Å². The maximum absolute atomic E-state index is 14.9. The minimum Gasteiger partial charge on any atom is -0.434 e. The summed E-state index contributed by atoms with van der Waals surface area (Å²) in [5.74, 6) is 0.0341. The Morgan fingerprint density at radius 1 is 1.00 bits per heavy atom. The van der Waals surface area contributed by atoms with Crippen LogP contribution in [-0.4, -0.2) is 90.7 Å². The van der Waals surface area contributed by atoms with Gasteiger partial charge in [-0.3, -0.25) is 0 Å². The summed E-state index contributed by atoms with van der Waals surface area (Å²) in [7, 11) is 2.14. The van der Waals surface area contributed by atoms with Crippen LogP contribution < -0.4 is 20.3 Å². The molecule has 4 heterocycles. The van der Waals surface area contributed by atoms with Crippen molar-refractivity contribution in [3.05, 3.63) is 65.3 Å². The van der Waals surface area contributed by atoms with Gasteiger partial charge < -0.3 is 35.1 Å². The van der Waals surface area contributed by atoms with Gasteiger partial charge in [0.2, 0.25) is 5.88 Å². The fraction of sp³-hybridized carbons (Fsp3) is 0.400. The summed E-state index contributed by atoms with van der Waals surface area (Å²) in [5, 5.41) is 7.13. The molecule has 0 aliphatic carbocycles. The second-order valence-electron chi connectivity index (χ2n) is 10.4. The maximum Gasteiger partial charge on any atom is 0.243 e. The first-order valence-corrected chi connectivity index (χ1v) is 14.5. The van der Waals surface area contributed by atoms with Crippen LogP contribution in [-0.2, 0) is 0 Å². The highest BCUT2D eigenvalue weighted by molar-refractivity contribution is 6.34. The molecule has 0 amide bonds. The Morgan fingerprint density at radius 2 is 1.73 bits per heavy atom. The van der Waals surface area contributed by atoms with Crippen molar-refractivity contribution in [2.24, 2.45) is 0 Å². The van der Waals surface area contributed by atoms with E-state index in [2.05, 4.69) is 66.4 Å². The van der Waals surface area contributed by atoms with E-state index < -0.39 is 5.82 Å². The minimum absolute atomic E-state index is 0.0459.